The Labute approximate surface area is 138 Å². The second-order valence-electron chi connectivity index (χ2n) is 5.61. The largest absolute Gasteiger partial charge is 0.301 e. The fourth-order valence-electron chi connectivity index (χ4n) is 2.53. The standard InChI is InChI=1S/C17H20F2N2OS/c1-5-11-15(20-17(21-16(11)22)23-9(2)3)10(4)14-12(18)7-6-8-13(14)19/h6-10H,5H2,1-4H3,(H,20,21,22). The van der Waals surface area contributed by atoms with E-state index in [2.05, 4.69) is 9.97 Å². The quantitative estimate of drug-likeness (QED) is 0.654. The van der Waals surface area contributed by atoms with Crippen molar-refractivity contribution in [3.63, 3.8) is 0 Å². The van der Waals surface area contributed by atoms with Crippen LogP contribution in [0.2, 0.25) is 0 Å². The average Bonchev–Trinajstić information content (AvgIpc) is 2.45. The third-order valence-electron chi connectivity index (χ3n) is 3.57. The molecule has 6 heteroatoms. The minimum atomic E-state index is -0.639. The topological polar surface area (TPSA) is 45.8 Å². The first-order chi connectivity index (χ1) is 10.8. The van der Waals surface area contributed by atoms with Crippen LogP contribution < -0.4 is 5.56 Å². The van der Waals surface area contributed by atoms with Gasteiger partial charge in [-0.2, -0.15) is 0 Å². The van der Waals surface area contributed by atoms with E-state index in [9.17, 15) is 13.6 Å². The van der Waals surface area contributed by atoms with Crippen LogP contribution >= 0.6 is 11.8 Å². The summed E-state index contributed by atoms with van der Waals surface area (Å²) < 4.78 is 28.1. The summed E-state index contributed by atoms with van der Waals surface area (Å²) in [7, 11) is 0. The van der Waals surface area contributed by atoms with Gasteiger partial charge in [-0.15, -0.1) is 0 Å². The van der Waals surface area contributed by atoms with Crippen LogP contribution in [0.1, 0.15) is 50.4 Å². The molecule has 1 aromatic carbocycles. The maximum Gasteiger partial charge on any atom is 0.254 e. The first kappa shape index (κ1) is 17.7. The second kappa shape index (κ2) is 7.25. The first-order valence-electron chi connectivity index (χ1n) is 7.58. The molecule has 0 radical (unpaired) electrons. The van der Waals surface area contributed by atoms with Crippen molar-refractivity contribution in [3.05, 3.63) is 57.0 Å². The molecule has 3 nitrogen and oxygen atoms in total. The van der Waals surface area contributed by atoms with Gasteiger partial charge < -0.3 is 4.98 Å². The van der Waals surface area contributed by atoms with Gasteiger partial charge in [0, 0.05) is 22.3 Å². The molecule has 0 aliphatic rings. The molecule has 1 aromatic heterocycles. The zero-order valence-corrected chi connectivity index (χ0v) is 14.4. The summed E-state index contributed by atoms with van der Waals surface area (Å²) in [5, 5.41) is 0.708. The Morgan fingerprint density at radius 1 is 1.22 bits per heavy atom. The number of nitrogens with zero attached hydrogens (tertiary/aromatic N) is 1. The van der Waals surface area contributed by atoms with Gasteiger partial charge in [0.15, 0.2) is 5.16 Å². The van der Waals surface area contributed by atoms with Gasteiger partial charge in [0.2, 0.25) is 0 Å². The van der Waals surface area contributed by atoms with Crippen LogP contribution in [0.15, 0.2) is 28.2 Å². The molecular formula is C17H20F2N2OS. The molecule has 0 aliphatic carbocycles. The zero-order valence-electron chi connectivity index (χ0n) is 13.6. The fraction of sp³-hybridized carbons (Fsp3) is 0.412. The normalized spacial score (nSPS) is 12.7. The number of benzene rings is 1. The smallest absolute Gasteiger partial charge is 0.254 e. The highest BCUT2D eigenvalue weighted by molar-refractivity contribution is 7.99. The molecule has 0 saturated heterocycles. The van der Waals surface area contributed by atoms with Crippen LogP contribution in [0, 0.1) is 11.6 Å². The Balaban J connectivity index is 2.60. The molecule has 1 heterocycles. The summed E-state index contributed by atoms with van der Waals surface area (Å²) in [6.45, 7) is 7.47. The van der Waals surface area contributed by atoms with E-state index in [1.165, 1.54) is 30.0 Å². The van der Waals surface area contributed by atoms with Crippen LogP contribution in [0.5, 0.6) is 0 Å². The SMILES string of the molecule is CCc1c(C(C)c2c(F)cccc2F)nc(SC(C)C)[nH]c1=O. The van der Waals surface area contributed by atoms with E-state index in [-0.39, 0.29) is 16.4 Å². The summed E-state index contributed by atoms with van der Waals surface area (Å²) in [6, 6.07) is 3.77. The predicted molar refractivity (Wildman–Crippen MR) is 89.1 cm³/mol. The van der Waals surface area contributed by atoms with Crippen LogP contribution in [0.3, 0.4) is 0 Å². The average molecular weight is 338 g/mol. The number of hydrogen-bond acceptors (Lipinski definition) is 3. The van der Waals surface area contributed by atoms with E-state index < -0.39 is 17.6 Å². The van der Waals surface area contributed by atoms with Gasteiger partial charge in [0.1, 0.15) is 11.6 Å². The maximum atomic E-state index is 14.1. The van der Waals surface area contributed by atoms with Gasteiger partial charge in [-0.3, -0.25) is 4.79 Å². The fourth-order valence-corrected chi connectivity index (χ4v) is 3.28. The molecule has 1 unspecified atom stereocenters. The van der Waals surface area contributed by atoms with Crippen molar-refractivity contribution in [1.29, 1.82) is 0 Å². The van der Waals surface area contributed by atoms with Crippen molar-refractivity contribution in [2.24, 2.45) is 0 Å². The lowest BCUT2D eigenvalue weighted by Crippen LogP contribution is -2.21. The minimum Gasteiger partial charge on any atom is -0.301 e. The van der Waals surface area contributed by atoms with Crippen molar-refractivity contribution in [2.75, 3.05) is 0 Å². The number of H-pyrrole nitrogens is 1. The summed E-state index contributed by atoms with van der Waals surface area (Å²) in [6.07, 6.45) is 0.449. The van der Waals surface area contributed by atoms with E-state index in [4.69, 9.17) is 0 Å². The van der Waals surface area contributed by atoms with Crippen LogP contribution in [0.4, 0.5) is 8.78 Å². The Morgan fingerprint density at radius 2 is 1.83 bits per heavy atom. The second-order valence-corrected chi connectivity index (χ2v) is 7.18. The molecule has 0 aliphatic heterocycles. The van der Waals surface area contributed by atoms with E-state index in [1.54, 1.807) is 6.92 Å². The van der Waals surface area contributed by atoms with Crippen molar-refractivity contribution in [3.8, 4) is 0 Å². The summed E-state index contributed by atoms with van der Waals surface area (Å²) in [4.78, 5) is 19.5. The highest BCUT2D eigenvalue weighted by Gasteiger charge is 2.23. The Hall–Kier alpha value is -1.69. The Bertz CT molecular complexity index is 738. The summed E-state index contributed by atoms with van der Waals surface area (Å²) in [5.41, 5.74) is 0.599. The minimum absolute atomic E-state index is 0.0548. The van der Waals surface area contributed by atoms with Gasteiger partial charge >= 0.3 is 0 Å². The van der Waals surface area contributed by atoms with Crippen molar-refractivity contribution in [2.45, 2.75) is 50.4 Å². The van der Waals surface area contributed by atoms with Gasteiger partial charge in [-0.1, -0.05) is 45.5 Å². The van der Waals surface area contributed by atoms with Crippen molar-refractivity contribution < 1.29 is 8.78 Å². The van der Waals surface area contributed by atoms with Gasteiger partial charge in [-0.05, 0) is 18.6 Å². The number of hydrogen-bond donors (Lipinski definition) is 1. The van der Waals surface area contributed by atoms with Crippen molar-refractivity contribution >= 4 is 11.8 Å². The van der Waals surface area contributed by atoms with E-state index >= 15 is 0 Å². The van der Waals surface area contributed by atoms with Gasteiger partial charge in [0.05, 0.1) is 5.69 Å². The van der Waals surface area contributed by atoms with E-state index in [0.717, 1.165) is 0 Å². The van der Waals surface area contributed by atoms with Gasteiger partial charge in [0.25, 0.3) is 5.56 Å². The maximum absolute atomic E-state index is 14.1. The molecule has 0 saturated carbocycles. The van der Waals surface area contributed by atoms with Crippen LogP contribution in [0.25, 0.3) is 0 Å². The Kier molecular flexibility index (Phi) is 5.57. The molecule has 2 rings (SSSR count). The molecule has 1 atom stereocenters. The predicted octanol–water partition coefficient (Wildman–Crippen LogP) is 4.26. The van der Waals surface area contributed by atoms with Crippen LogP contribution in [-0.2, 0) is 6.42 Å². The van der Waals surface area contributed by atoms with Gasteiger partial charge in [-0.25, -0.2) is 13.8 Å². The number of aromatic nitrogens is 2. The first-order valence-corrected chi connectivity index (χ1v) is 8.46. The highest BCUT2D eigenvalue weighted by Crippen LogP contribution is 2.30. The molecule has 0 bridgehead atoms. The number of thioether (sulfide) groups is 1. The lowest BCUT2D eigenvalue weighted by atomic mass is 9.93. The molecule has 0 spiro atoms. The highest BCUT2D eigenvalue weighted by atomic mass is 32.2. The van der Waals surface area contributed by atoms with E-state index in [0.29, 0.717) is 22.8 Å². The van der Waals surface area contributed by atoms with Crippen molar-refractivity contribution in [1.82, 2.24) is 9.97 Å². The molecule has 124 valence electrons. The molecule has 1 N–H and O–H groups in total. The Morgan fingerprint density at radius 3 is 2.35 bits per heavy atom. The van der Waals surface area contributed by atoms with Crippen LogP contribution in [-0.4, -0.2) is 15.2 Å². The monoisotopic (exact) mass is 338 g/mol. The lowest BCUT2D eigenvalue weighted by molar-refractivity contribution is 0.542. The number of rotatable bonds is 5. The van der Waals surface area contributed by atoms with E-state index in [1.807, 2.05) is 20.8 Å². The summed E-state index contributed by atoms with van der Waals surface area (Å²) in [5.74, 6) is -1.89. The number of nitrogens with one attached hydrogen (secondary N) is 1. The summed E-state index contributed by atoms with van der Waals surface area (Å²) >= 11 is 1.41. The molecule has 0 amide bonds. The molecule has 2 aromatic rings. The molecular weight excluding hydrogens is 318 g/mol. The number of halogens is 2. The molecule has 0 fully saturated rings. The molecule has 23 heavy (non-hydrogen) atoms. The number of aromatic amines is 1. The lowest BCUT2D eigenvalue weighted by Gasteiger charge is -2.17. The third kappa shape index (κ3) is 3.80. The third-order valence-corrected chi connectivity index (χ3v) is 4.46. The zero-order chi connectivity index (χ0) is 17.1.